The molecule has 0 amide bonds. The number of nitro groups is 1. The van der Waals surface area contributed by atoms with E-state index < -0.39 is 4.92 Å². The van der Waals surface area contributed by atoms with Crippen molar-refractivity contribution in [3.63, 3.8) is 0 Å². The molecule has 1 heterocycles. The summed E-state index contributed by atoms with van der Waals surface area (Å²) in [4.78, 5) is 10.4. The third-order valence-electron chi connectivity index (χ3n) is 3.59. The van der Waals surface area contributed by atoms with Crippen LogP contribution in [-0.2, 0) is 0 Å². The lowest BCUT2D eigenvalue weighted by Gasteiger charge is -2.05. The van der Waals surface area contributed by atoms with Crippen molar-refractivity contribution in [2.24, 2.45) is 16.0 Å². The quantitative estimate of drug-likeness (QED) is 0.321. The van der Waals surface area contributed by atoms with Gasteiger partial charge in [0, 0.05) is 17.7 Å². The predicted molar refractivity (Wildman–Crippen MR) is 102 cm³/mol. The molecule has 2 N–H and O–H groups in total. The molecule has 26 heavy (non-hydrogen) atoms. The van der Waals surface area contributed by atoms with Gasteiger partial charge in [0.05, 0.1) is 16.3 Å². The van der Waals surface area contributed by atoms with Crippen LogP contribution >= 0.6 is 12.2 Å². The minimum absolute atomic E-state index is 0.0553. The number of hydrogen-bond donors (Lipinski definition) is 1. The van der Waals surface area contributed by atoms with Crippen molar-refractivity contribution in [3.8, 4) is 11.3 Å². The number of nitrogens with zero attached hydrogens (tertiary/aromatic N) is 5. The van der Waals surface area contributed by atoms with Gasteiger partial charge in [-0.2, -0.15) is 10.2 Å². The fourth-order valence-electron chi connectivity index (χ4n) is 2.43. The molecule has 1 aromatic heterocycles. The molecular formula is C17H14N6O2S. The zero-order valence-corrected chi connectivity index (χ0v) is 14.6. The molecule has 9 heteroatoms. The van der Waals surface area contributed by atoms with Crippen molar-refractivity contribution in [1.29, 1.82) is 0 Å². The van der Waals surface area contributed by atoms with Gasteiger partial charge in [-0.05, 0) is 25.2 Å². The van der Waals surface area contributed by atoms with Gasteiger partial charge in [-0.3, -0.25) is 10.1 Å². The number of nitrogens with two attached hydrogens (primary N) is 1. The van der Waals surface area contributed by atoms with Gasteiger partial charge in [-0.25, -0.2) is 4.68 Å². The number of azo groups is 1. The van der Waals surface area contributed by atoms with Gasteiger partial charge in [0.15, 0.2) is 5.11 Å². The van der Waals surface area contributed by atoms with Gasteiger partial charge in [-0.15, -0.1) is 5.11 Å². The van der Waals surface area contributed by atoms with Gasteiger partial charge in [0.25, 0.3) is 5.69 Å². The maximum absolute atomic E-state index is 10.9. The number of nitro benzene ring substituents is 1. The second kappa shape index (κ2) is 7.19. The Bertz CT molecular complexity index is 1010. The van der Waals surface area contributed by atoms with Crippen LogP contribution in [0.25, 0.3) is 11.3 Å². The molecule has 0 atom stereocenters. The Balaban J connectivity index is 2.09. The Kier molecular flexibility index (Phi) is 4.81. The normalized spacial score (nSPS) is 11.0. The van der Waals surface area contributed by atoms with Gasteiger partial charge in [-0.1, -0.05) is 36.4 Å². The van der Waals surface area contributed by atoms with Gasteiger partial charge < -0.3 is 5.73 Å². The molecule has 0 fully saturated rings. The summed E-state index contributed by atoms with van der Waals surface area (Å²) in [5.74, 6) is 0. The standard InChI is InChI=1S/C17H14N6O2S/c1-11-15(20-19-13-8-5-9-14(10-13)23(24)25)16(22(21-11)17(18)26)12-6-3-2-4-7-12/h2-10H,1H3,(H2,18,26). The second-order valence-corrected chi connectivity index (χ2v) is 5.79. The fraction of sp³-hybridized carbons (Fsp3) is 0.0588. The molecule has 2 aromatic carbocycles. The molecule has 0 bridgehead atoms. The topological polar surface area (TPSA) is 112 Å². The molecule has 0 saturated carbocycles. The minimum atomic E-state index is -0.482. The van der Waals surface area contributed by atoms with E-state index in [-0.39, 0.29) is 10.8 Å². The summed E-state index contributed by atoms with van der Waals surface area (Å²) in [6, 6.07) is 15.3. The lowest BCUT2D eigenvalue weighted by molar-refractivity contribution is -0.384. The van der Waals surface area contributed by atoms with Crippen molar-refractivity contribution in [3.05, 3.63) is 70.4 Å². The van der Waals surface area contributed by atoms with Crippen molar-refractivity contribution in [2.45, 2.75) is 6.92 Å². The highest BCUT2D eigenvalue weighted by Gasteiger charge is 2.18. The van der Waals surface area contributed by atoms with Crippen LogP contribution in [-0.4, -0.2) is 19.8 Å². The van der Waals surface area contributed by atoms with Crippen LogP contribution in [0.1, 0.15) is 5.69 Å². The van der Waals surface area contributed by atoms with E-state index in [4.69, 9.17) is 18.0 Å². The number of benzene rings is 2. The maximum Gasteiger partial charge on any atom is 0.271 e. The average Bonchev–Trinajstić information content (AvgIpc) is 2.97. The highest BCUT2D eigenvalue weighted by atomic mass is 32.1. The SMILES string of the molecule is Cc1nn(C(N)=S)c(-c2ccccc2)c1N=Nc1cccc([N+](=O)[O-])c1. The van der Waals surface area contributed by atoms with Gasteiger partial charge in [0.1, 0.15) is 11.4 Å². The van der Waals surface area contributed by atoms with Crippen molar-refractivity contribution in [2.75, 3.05) is 0 Å². The highest BCUT2D eigenvalue weighted by molar-refractivity contribution is 7.80. The van der Waals surface area contributed by atoms with Crippen LogP contribution in [0.4, 0.5) is 17.1 Å². The number of aryl methyl sites for hydroxylation is 1. The van der Waals surface area contributed by atoms with Crippen LogP contribution in [0.15, 0.2) is 64.8 Å². The molecule has 0 aliphatic heterocycles. The minimum Gasteiger partial charge on any atom is -0.374 e. The third kappa shape index (κ3) is 3.47. The molecule has 0 saturated heterocycles. The Labute approximate surface area is 154 Å². The number of aromatic nitrogens is 2. The predicted octanol–water partition coefficient (Wildman–Crippen LogP) is 4.27. The smallest absolute Gasteiger partial charge is 0.271 e. The first kappa shape index (κ1) is 17.4. The molecule has 3 rings (SSSR count). The first-order valence-corrected chi connectivity index (χ1v) is 7.99. The molecular weight excluding hydrogens is 352 g/mol. The molecule has 3 aromatic rings. The Morgan fingerprint density at radius 2 is 1.92 bits per heavy atom. The zero-order valence-electron chi connectivity index (χ0n) is 13.7. The molecule has 0 radical (unpaired) electrons. The average molecular weight is 366 g/mol. The summed E-state index contributed by atoms with van der Waals surface area (Å²) < 4.78 is 1.43. The Hall–Kier alpha value is -3.46. The van der Waals surface area contributed by atoms with E-state index in [1.54, 1.807) is 19.1 Å². The molecule has 8 nitrogen and oxygen atoms in total. The number of hydrogen-bond acceptors (Lipinski definition) is 6. The monoisotopic (exact) mass is 366 g/mol. The molecule has 0 aliphatic rings. The molecule has 0 spiro atoms. The number of thiocarbonyl (C=S) groups is 1. The van der Waals surface area contributed by atoms with E-state index >= 15 is 0 Å². The first-order valence-electron chi connectivity index (χ1n) is 7.58. The van der Waals surface area contributed by atoms with Crippen LogP contribution < -0.4 is 5.73 Å². The summed E-state index contributed by atoms with van der Waals surface area (Å²) in [7, 11) is 0. The van der Waals surface area contributed by atoms with Gasteiger partial charge in [0.2, 0.25) is 0 Å². The maximum atomic E-state index is 10.9. The molecule has 0 unspecified atom stereocenters. The third-order valence-corrected chi connectivity index (χ3v) is 3.76. The highest BCUT2D eigenvalue weighted by Crippen LogP contribution is 2.34. The van der Waals surface area contributed by atoms with E-state index in [1.165, 1.54) is 16.8 Å². The largest absolute Gasteiger partial charge is 0.374 e. The van der Waals surface area contributed by atoms with Crippen LogP contribution in [0.3, 0.4) is 0 Å². The molecule has 0 aliphatic carbocycles. The van der Waals surface area contributed by atoms with Crippen LogP contribution in [0.2, 0.25) is 0 Å². The summed E-state index contributed by atoms with van der Waals surface area (Å²) in [6.07, 6.45) is 0. The van der Waals surface area contributed by atoms with Crippen molar-refractivity contribution in [1.82, 2.24) is 9.78 Å². The van der Waals surface area contributed by atoms with Crippen LogP contribution in [0.5, 0.6) is 0 Å². The molecule has 130 valence electrons. The lowest BCUT2D eigenvalue weighted by atomic mass is 10.1. The van der Waals surface area contributed by atoms with Gasteiger partial charge >= 0.3 is 0 Å². The van der Waals surface area contributed by atoms with Crippen LogP contribution in [0, 0.1) is 17.0 Å². The van der Waals surface area contributed by atoms with E-state index in [9.17, 15) is 10.1 Å². The number of non-ortho nitro benzene ring substituents is 1. The van der Waals surface area contributed by atoms with E-state index in [0.717, 1.165) is 5.56 Å². The van der Waals surface area contributed by atoms with E-state index in [0.29, 0.717) is 22.8 Å². The Morgan fingerprint density at radius 3 is 2.58 bits per heavy atom. The summed E-state index contributed by atoms with van der Waals surface area (Å²) in [5, 5.41) is 23.7. The van der Waals surface area contributed by atoms with Crippen molar-refractivity contribution < 1.29 is 4.92 Å². The summed E-state index contributed by atoms with van der Waals surface area (Å²) in [5.41, 5.74) is 8.61. The number of rotatable bonds is 4. The zero-order chi connectivity index (χ0) is 18.7. The first-order chi connectivity index (χ1) is 12.5. The fourth-order valence-corrected chi connectivity index (χ4v) is 2.56. The summed E-state index contributed by atoms with van der Waals surface area (Å²) in [6.45, 7) is 1.77. The van der Waals surface area contributed by atoms with E-state index in [2.05, 4.69) is 15.3 Å². The Morgan fingerprint density at radius 1 is 1.19 bits per heavy atom. The van der Waals surface area contributed by atoms with Crippen molar-refractivity contribution >= 4 is 34.4 Å². The van der Waals surface area contributed by atoms with E-state index in [1.807, 2.05) is 30.3 Å². The lowest BCUT2D eigenvalue weighted by Crippen LogP contribution is -2.21. The summed E-state index contributed by atoms with van der Waals surface area (Å²) >= 11 is 5.08. The second-order valence-electron chi connectivity index (χ2n) is 5.38.